The second-order valence-electron chi connectivity index (χ2n) is 4.75. The summed E-state index contributed by atoms with van der Waals surface area (Å²) < 4.78 is 14.3. The van der Waals surface area contributed by atoms with E-state index in [0.717, 1.165) is 11.5 Å². The second kappa shape index (κ2) is 7.04. The van der Waals surface area contributed by atoms with Gasteiger partial charge in [-0.15, -0.1) is 0 Å². The number of ether oxygens (including phenoxy) is 2. The van der Waals surface area contributed by atoms with Crippen LogP contribution in [-0.4, -0.2) is 22.5 Å². The molecule has 1 aromatic carbocycles. The summed E-state index contributed by atoms with van der Waals surface area (Å²) in [5, 5.41) is 2.84. The van der Waals surface area contributed by atoms with Crippen molar-refractivity contribution in [2.75, 3.05) is 5.32 Å². The van der Waals surface area contributed by atoms with Gasteiger partial charge in [-0.1, -0.05) is 18.2 Å². The maximum atomic E-state index is 12.1. The van der Waals surface area contributed by atoms with Crippen LogP contribution in [-0.2, 0) is 4.74 Å². The first-order valence-corrected chi connectivity index (χ1v) is 7.46. The monoisotopic (exact) mass is 320 g/mol. The number of carbonyl (C=O) groups excluding carboxylic acids is 2. The highest BCUT2D eigenvalue weighted by molar-refractivity contribution is 7.11. The van der Waals surface area contributed by atoms with E-state index in [9.17, 15) is 9.59 Å². The number of rotatable bonds is 4. The Balaban J connectivity index is 2.10. The Morgan fingerprint density at radius 1 is 1.23 bits per heavy atom. The lowest BCUT2D eigenvalue weighted by molar-refractivity contribution is 0.0378. The van der Waals surface area contributed by atoms with Crippen molar-refractivity contribution in [3.05, 3.63) is 41.6 Å². The molecule has 7 heteroatoms. The summed E-state index contributed by atoms with van der Waals surface area (Å²) in [6, 6.07) is 8.64. The first kappa shape index (κ1) is 16.0. The van der Waals surface area contributed by atoms with Gasteiger partial charge in [-0.25, -0.2) is 9.59 Å². The van der Waals surface area contributed by atoms with Crippen LogP contribution in [0, 0.1) is 6.92 Å². The van der Waals surface area contributed by atoms with Gasteiger partial charge >= 0.3 is 12.1 Å². The van der Waals surface area contributed by atoms with E-state index in [1.54, 1.807) is 45.0 Å². The molecule has 2 rings (SSSR count). The summed E-state index contributed by atoms with van der Waals surface area (Å²) in [5.41, 5.74) is 0.759. The van der Waals surface area contributed by atoms with Gasteiger partial charge in [0.05, 0.1) is 11.8 Å². The van der Waals surface area contributed by atoms with Crippen molar-refractivity contribution in [1.82, 2.24) is 4.37 Å². The number of amides is 1. The van der Waals surface area contributed by atoms with Gasteiger partial charge in [0, 0.05) is 0 Å². The SMILES string of the molecule is Cc1nsc(NC(=O)Oc2ccccc2)c1C(=O)OC(C)C. The Hall–Kier alpha value is -2.41. The summed E-state index contributed by atoms with van der Waals surface area (Å²) in [4.78, 5) is 23.9. The number of para-hydroxylation sites is 1. The summed E-state index contributed by atoms with van der Waals surface area (Å²) in [6.45, 7) is 5.19. The maximum Gasteiger partial charge on any atom is 0.417 e. The molecule has 2 aromatic rings. The van der Waals surface area contributed by atoms with E-state index in [0.29, 0.717) is 16.4 Å². The van der Waals surface area contributed by atoms with Crippen molar-refractivity contribution in [3.8, 4) is 5.75 Å². The first-order chi connectivity index (χ1) is 10.5. The molecule has 0 aliphatic rings. The first-order valence-electron chi connectivity index (χ1n) is 6.68. The molecule has 0 atom stereocenters. The largest absolute Gasteiger partial charge is 0.459 e. The van der Waals surface area contributed by atoms with Crippen LogP contribution in [0.5, 0.6) is 5.75 Å². The molecular formula is C15H16N2O4S. The zero-order valence-corrected chi connectivity index (χ0v) is 13.3. The van der Waals surface area contributed by atoms with Crippen LogP contribution >= 0.6 is 11.5 Å². The fourth-order valence-electron chi connectivity index (χ4n) is 1.68. The fourth-order valence-corrected chi connectivity index (χ4v) is 2.45. The zero-order valence-electron chi connectivity index (χ0n) is 12.5. The van der Waals surface area contributed by atoms with Crippen LogP contribution in [0.15, 0.2) is 30.3 Å². The summed E-state index contributed by atoms with van der Waals surface area (Å²) in [7, 11) is 0. The number of carbonyl (C=O) groups is 2. The van der Waals surface area contributed by atoms with Gasteiger partial charge in [0.15, 0.2) is 0 Å². The molecular weight excluding hydrogens is 304 g/mol. The van der Waals surface area contributed by atoms with E-state index < -0.39 is 12.1 Å². The zero-order chi connectivity index (χ0) is 16.1. The highest BCUT2D eigenvalue weighted by Crippen LogP contribution is 2.26. The predicted octanol–water partition coefficient (Wildman–Crippen LogP) is 3.63. The van der Waals surface area contributed by atoms with Crippen molar-refractivity contribution in [2.24, 2.45) is 0 Å². The van der Waals surface area contributed by atoms with E-state index in [2.05, 4.69) is 9.69 Å². The Bertz CT molecular complexity index is 667. The average Bonchev–Trinajstić information content (AvgIpc) is 2.80. The second-order valence-corrected chi connectivity index (χ2v) is 5.53. The minimum absolute atomic E-state index is 0.253. The molecule has 0 unspecified atom stereocenters. The molecule has 1 N–H and O–H groups in total. The fraction of sp³-hybridized carbons (Fsp3) is 0.267. The molecule has 1 amide bonds. The van der Waals surface area contributed by atoms with Crippen molar-refractivity contribution in [1.29, 1.82) is 0 Å². The highest BCUT2D eigenvalue weighted by Gasteiger charge is 2.22. The van der Waals surface area contributed by atoms with E-state index >= 15 is 0 Å². The van der Waals surface area contributed by atoms with Gasteiger partial charge in [0.2, 0.25) is 0 Å². The van der Waals surface area contributed by atoms with E-state index in [1.807, 2.05) is 6.07 Å². The normalized spacial score (nSPS) is 10.4. The molecule has 6 nitrogen and oxygen atoms in total. The lowest BCUT2D eigenvalue weighted by Crippen LogP contribution is -2.19. The van der Waals surface area contributed by atoms with Crippen molar-refractivity contribution >= 4 is 28.6 Å². The number of esters is 1. The third kappa shape index (κ3) is 4.05. The molecule has 22 heavy (non-hydrogen) atoms. The number of hydrogen-bond acceptors (Lipinski definition) is 6. The molecule has 0 aliphatic heterocycles. The van der Waals surface area contributed by atoms with Gasteiger partial charge in [-0.05, 0) is 44.4 Å². The van der Waals surface area contributed by atoms with Gasteiger partial charge in [-0.2, -0.15) is 4.37 Å². The summed E-state index contributed by atoms with van der Waals surface area (Å²) >= 11 is 1.01. The molecule has 0 bridgehead atoms. The molecule has 0 aliphatic carbocycles. The lowest BCUT2D eigenvalue weighted by Gasteiger charge is -2.09. The molecule has 0 saturated carbocycles. The topological polar surface area (TPSA) is 77.5 Å². The molecule has 0 fully saturated rings. The van der Waals surface area contributed by atoms with Crippen molar-refractivity contribution < 1.29 is 19.1 Å². The Kier molecular flexibility index (Phi) is 5.11. The maximum absolute atomic E-state index is 12.1. The number of aryl methyl sites for hydroxylation is 1. The van der Waals surface area contributed by atoms with E-state index in [1.165, 1.54) is 0 Å². The molecule has 1 aromatic heterocycles. The number of aromatic nitrogens is 1. The molecule has 1 heterocycles. The van der Waals surface area contributed by atoms with E-state index in [4.69, 9.17) is 9.47 Å². The minimum atomic E-state index is -0.687. The molecule has 0 saturated heterocycles. The standard InChI is InChI=1S/C15H16N2O4S/c1-9(2)20-14(18)12-10(3)17-22-13(12)16-15(19)21-11-7-5-4-6-8-11/h4-9H,1-3H3,(H,16,19). The number of anilines is 1. The smallest absolute Gasteiger partial charge is 0.417 e. The number of nitrogens with one attached hydrogen (secondary N) is 1. The summed E-state index contributed by atoms with van der Waals surface area (Å²) in [5.74, 6) is -0.108. The van der Waals surface area contributed by atoms with E-state index in [-0.39, 0.29) is 11.7 Å². The number of benzene rings is 1. The van der Waals surface area contributed by atoms with Gasteiger partial charge in [-0.3, -0.25) is 5.32 Å². The van der Waals surface area contributed by atoms with Crippen LogP contribution in [0.25, 0.3) is 0 Å². The quantitative estimate of drug-likeness (QED) is 0.870. The molecule has 0 spiro atoms. The Morgan fingerprint density at radius 2 is 1.91 bits per heavy atom. The molecule has 116 valence electrons. The van der Waals surface area contributed by atoms with Gasteiger partial charge < -0.3 is 9.47 Å². The van der Waals surface area contributed by atoms with Gasteiger partial charge in [0.25, 0.3) is 0 Å². The average molecular weight is 320 g/mol. The van der Waals surface area contributed by atoms with Crippen molar-refractivity contribution in [3.63, 3.8) is 0 Å². The van der Waals surface area contributed by atoms with Crippen LogP contribution < -0.4 is 10.1 Å². The predicted molar refractivity (Wildman–Crippen MR) is 83.5 cm³/mol. The van der Waals surface area contributed by atoms with Crippen LogP contribution in [0.1, 0.15) is 29.9 Å². The Labute approximate surface area is 132 Å². The van der Waals surface area contributed by atoms with Crippen LogP contribution in [0.4, 0.5) is 9.80 Å². The highest BCUT2D eigenvalue weighted by atomic mass is 32.1. The van der Waals surface area contributed by atoms with Crippen LogP contribution in [0.3, 0.4) is 0 Å². The number of nitrogens with zero attached hydrogens (tertiary/aromatic N) is 1. The molecule has 0 radical (unpaired) electrons. The number of hydrogen-bond donors (Lipinski definition) is 1. The van der Waals surface area contributed by atoms with Gasteiger partial charge in [0.1, 0.15) is 16.3 Å². The van der Waals surface area contributed by atoms with Crippen molar-refractivity contribution in [2.45, 2.75) is 26.9 Å². The lowest BCUT2D eigenvalue weighted by atomic mass is 10.2. The minimum Gasteiger partial charge on any atom is -0.459 e. The van der Waals surface area contributed by atoms with Crippen LogP contribution in [0.2, 0.25) is 0 Å². The third-order valence-electron chi connectivity index (χ3n) is 2.58. The third-order valence-corrected chi connectivity index (χ3v) is 3.43. The Morgan fingerprint density at radius 3 is 2.55 bits per heavy atom. The summed E-state index contributed by atoms with van der Waals surface area (Å²) in [6.07, 6.45) is -0.940.